The fourth-order valence-corrected chi connectivity index (χ4v) is 2.42. The van der Waals surface area contributed by atoms with Gasteiger partial charge in [0.1, 0.15) is 24.4 Å². The van der Waals surface area contributed by atoms with Gasteiger partial charge in [0.05, 0.1) is 25.0 Å². The lowest BCUT2D eigenvalue weighted by Gasteiger charge is -2.27. The highest BCUT2D eigenvalue weighted by Crippen LogP contribution is 2.09. The summed E-state index contributed by atoms with van der Waals surface area (Å²) in [6.07, 6.45) is 4.29. The van der Waals surface area contributed by atoms with Gasteiger partial charge in [0.15, 0.2) is 0 Å². The maximum absolute atomic E-state index is 9.96. The van der Waals surface area contributed by atoms with Gasteiger partial charge < -0.3 is 51.7 Å². The van der Waals surface area contributed by atoms with Gasteiger partial charge >= 0.3 is 0 Å². The minimum atomic E-state index is -2.50. The number of carbonyl (C=O) groups is 2. The molecule has 0 fully saturated rings. The maximum atomic E-state index is 9.96. The third-order valence-corrected chi connectivity index (χ3v) is 4.23. The Morgan fingerprint density at radius 2 is 0.786 bits per heavy atom. The summed E-state index contributed by atoms with van der Waals surface area (Å²) in [5.74, 6) is -4.22. The first-order valence-electron chi connectivity index (χ1n) is 9.93. The summed E-state index contributed by atoms with van der Waals surface area (Å²) in [5.41, 5.74) is 7.71. The van der Waals surface area contributed by atoms with E-state index in [0.717, 1.165) is 13.1 Å². The van der Waals surface area contributed by atoms with Gasteiger partial charge in [0.2, 0.25) is 0 Å². The topological polar surface area (TPSA) is 216 Å². The molecule has 0 aliphatic carbocycles. The molecule has 0 saturated carbocycles. The Hall–Kier alpha value is -1.30. The molecular formula is C18H38N2O8. The average Bonchev–Trinajstić information content (AvgIpc) is 2.67. The lowest BCUT2D eigenvalue weighted by molar-refractivity contribution is -0.368. The molecule has 10 N–H and O–H groups in total. The van der Waals surface area contributed by atoms with Gasteiger partial charge in [-0.2, -0.15) is 0 Å². The van der Waals surface area contributed by atoms with E-state index in [1.807, 2.05) is 0 Å². The molecule has 0 saturated heterocycles. The van der Waals surface area contributed by atoms with E-state index < -0.39 is 36.4 Å². The van der Waals surface area contributed by atoms with Crippen LogP contribution in [0.25, 0.3) is 0 Å². The van der Waals surface area contributed by atoms with E-state index in [9.17, 15) is 19.8 Å². The van der Waals surface area contributed by atoms with Crippen molar-refractivity contribution in [2.75, 3.05) is 13.1 Å². The Bertz CT molecular complexity index is 362. The van der Waals surface area contributed by atoms with Crippen molar-refractivity contribution in [1.29, 1.82) is 0 Å². The van der Waals surface area contributed by atoms with Crippen molar-refractivity contribution in [3.63, 3.8) is 0 Å². The van der Waals surface area contributed by atoms with Crippen molar-refractivity contribution in [2.24, 2.45) is 0 Å². The lowest BCUT2D eigenvalue weighted by Crippen LogP contribution is -2.55. The predicted octanol–water partition coefficient (Wildman–Crippen LogP) is -4.70. The summed E-state index contributed by atoms with van der Waals surface area (Å²) < 4.78 is 0. The van der Waals surface area contributed by atoms with Gasteiger partial charge in [-0.05, 0) is 25.7 Å². The fourth-order valence-electron chi connectivity index (χ4n) is 2.42. The number of hydrogen-bond donors (Lipinski definition) is 6. The highest BCUT2D eigenvalue weighted by Gasteiger charge is 2.31. The van der Waals surface area contributed by atoms with Gasteiger partial charge in [0, 0.05) is 0 Å². The molecular weight excluding hydrogens is 372 g/mol. The van der Waals surface area contributed by atoms with Crippen LogP contribution in [-0.4, -0.2) is 69.9 Å². The Balaban J connectivity index is 0. The van der Waals surface area contributed by atoms with Crippen LogP contribution < -0.4 is 21.7 Å². The molecule has 10 nitrogen and oxygen atoms in total. The zero-order valence-electron chi connectivity index (χ0n) is 16.6. The monoisotopic (exact) mass is 410 g/mol. The second-order valence-electron chi connectivity index (χ2n) is 6.75. The highest BCUT2D eigenvalue weighted by molar-refractivity contribution is 5.72. The lowest BCUT2D eigenvalue weighted by atomic mass is 10.0. The zero-order valence-corrected chi connectivity index (χ0v) is 16.6. The number of carboxylic acids is 2. The quantitative estimate of drug-likeness (QED) is 0.135. The van der Waals surface area contributed by atoms with Crippen molar-refractivity contribution < 1.29 is 51.7 Å². The van der Waals surface area contributed by atoms with Crippen molar-refractivity contribution in [2.45, 2.75) is 88.6 Å². The molecule has 0 aromatic carbocycles. The first-order valence-corrected chi connectivity index (χ1v) is 9.93. The molecule has 0 aromatic rings. The van der Waals surface area contributed by atoms with Crippen LogP contribution in [0.2, 0.25) is 0 Å². The van der Waals surface area contributed by atoms with Crippen LogP contribution in [0.15, 0.2) is 0 Å². The van der Waals surface area contributed by atoms with Crippen molar-refractivity contribution in [3.05, 3.63) is 0 Å². The van der Waals surface area contributed by atoms with Crippen LogP contribution in [-0.2, 0) is 9.59 Å². The number of quaternary nitrogens is 2. The molecule has 0 unspecified atom stereocenters. The summed E-state index contributed by atoms with van der Waals surface area (Å²) in [6, 6.07) is 0. The minimum Gasteiger partial charge on any atom is -0.547 e. The number of carboxylic acid groups (broad SMARTS) is 2. The third kappa shape index (κ3) is 15.7. The van der Waals surface area contributed by atoms with E-state index in [1.54, 1.807) is 0 Å². The van der Waals surface area contributed by atoms with Crippen LogP contribution >= 0.6 is 0 Å². The SMILES string of the molecule is O=C([O-])[C@@H](O)[C@H](O)[C@H](O)[C@@H](O)C(=O)[O-].[NH3+]CCCCCCCCCCCC[NH3+]. The second-order valence-corrected chi connectivity index (χ2v) is 6.75. The Labute approximate surface area is 166 Å². The first-order chi connectivity index (χ1) is 13.2. The normalized spacial score (nSPS) is 15.1. The molecule has 0 heterocycles. The van der Waals surface area contributed by atoms with Crippen LogP contribution in [0.1, 0.15) is 64.2 Å². The van der Waals surface area contributed by atoms with Gasteiger partial charge in [-0.25, -0.2) is 0 Å². The van der Waals surface area contributed by atoms with Crippen molar-refractivity contribution >= 4 is 11.9 Å². The van der Waals surface area contributed by atoms with Crippen LogP contribution in [0, 0.1) is 0 Å². The van der Waals surface area contributed by atoms with Gasteiger partial charge in [0.25, 0.3) is 0 Å². The molecule has 168 valence electrons. The molecule has 0 radical (unpaired) electrons. The Kier molecular flexibility index (Phi) is 19.7. The Morgan fingerprint density at radius 1 is 0.571 bits per heavy atom. The average molecular weight is 411 g/mol. The molecule has 0 aromatic heterocycles. The van der Waals surface area contributed by atoms with E-state index in [2.05, 4.69) is 11.5 Å². The number of unbranched alkanes of at least 4 members (excludes halogenated alkanes) is 9. The number of aliphatic carboxylic acids is 2. The minimum absolute atomic E-state index is 1.12. The summed E-state index contributed by atoms with van der Waals surface area (Å²) >= 11 is 0. The zero-order chi connectivity index (χ0) is 21.9. The summed E-state index contributed by atoms with van der Waals surface area (Å²) in [7, 11) is 0. The number of hydrogen-bond acceptors (Lipinski definition) is 8. The molecule has 0 aliphatic rings. The molecule has 28 heavy (non-hydrogen) atoms. The fraction of sp³-hybridized carbons (Fsp3) is 0.889. The smallest absolute Gasteiger partial charge is 0.122 e. The van der Waals surface area contributed by atoms with Gasteiger partial charge in [-0.1, -0.05) is 38.5 Å². The molecule has 10 heteroatoms. The number of rotatable bonds is 16. The molecule has 0 spiro atoms. The summed E-state index contributed by atoms with van der Waals surface area (Å²) in [5, 5.41) is 54.7. The van der Waals surface area contributed by atoms with Crippen molar-refractivity contribution in [3.8, 4) is 0 Å². The largest absolute Gasteiger partial charge is 0.547 e. The van der Waals surface area contributed by atoms with E-state index in [-0.39, 0.29) is 0 Å². The van der Waals surface area contributed by atoms with E-state index in [1.165, 1.54) is 64.2 Å². The molecule has 4 atom stereocenters. The highest BCUT2D eigenvalue weighted by atomic mass is 16.4. The second kappa shape index (κ2) is 19.0. The van der Waals surface area contributed by atoms with E-state index >= 15 is 0 Å². The summed E-state index contributed by atoms with van der Waals surface area (Å²) in [4.78, 5) is 19.9. The van der Waals surface area contributed by atoms with Crippen LogP contribution in [0.3, 0.4) is 0 Å². The van der Waals surface area contributed by atoms with E-state index in [0.29, 0.717) is 0 Å². The van der Waals surface area contributed by atoms with Crippen molar-refractivity contribution in [1.82, 2.24) is 0 Å². The van der Waals surface area contributed by atoms with Gasteiger partial charge in [-0.3, -0.25) is 0 Å². The first kappa shape index (κ1) is 28.9. The number of aliphatic hydroxyl groups is 4. The molecule has 0 amide bonds. The molecule has 0 aliphatic heterocycles. The predicted molar refractivity (Wildman–Crippen MR) is 95.7 cm³/mol. The number of carbonyl (C=O) groups excluding carboxylic acids is 2. The van der Waals surface area contributed by atoms with Gasteiger partial charge in [-0.15, -0.1) is 0 Å². The maximum Gasteiger partial charge on any atom is 0.122 e. The molecule has 0 rings (SSSR count). The van der Waals surface area contributed by atoms with E-state index in [4.69, 9.17) is 20.4 Å². The summed E-state index contributed by atoms with van der Waals surface area (Å²) in [6.45, 7) is 2.23. The van der Waals surface area contributed by atoms with Crippen LogP contribution in [0.4, 0.5) is 0 Å². The van der Waals surface area contributed by atoms with Crippen LogP contribution in [0.5, 0.6) is 0 Å². The molecule has 0 bridgehead atoms. The third-order valence-electron chi connectivity index (χ3n) is 4.23. The Morgan fingerprint density at radius 3 is 0.964 bits per heavy atom. The standard InChI is InChI=1S/C12H28N2.C6H10O8/c13-11-9-7-5-3-1-2-4-6-8-10-12-14;7-1(3(9)5(11)12)2(8)4(10)6(13)14/h1-14H2;1-4,7-10H,(H,11,12)(H,13,14)/t;1-,2+,3+,4-. The number of aliphatic hydroxyl groups excluding tert-OH is 4.